The molecule has 0 saturated heterocycles. The van der Waals surface area contributed by atoms with Crippen LogP contribution < -0.4 is 0 Å². The van der Waals surface area contributed by atoms with Crippen molar-refractivity contribution in [3.8, 4) is 0 Å². The lowest BCUT2D eigenvalue weighted by atomic mass is 9.87. The predicted octanol–water partition coefficient (Wildman–Crippen LogP) is 6.48. The van der Waals surface area contributed by atoms with E-state index in [0.29, 0.717) is 0 Å². The van der Waals surface area contributed by atoms with Gasteiger partial charge in [-0.3, -0.25) is 9.59 Å². The molecule has 0 aromatic heterocycles. The molecule has 4 heteroatoms. The Morgan fingerprint density at radius 1 is 0.933 bits per heavy atom. The van der Waals surface area contributed by atoms with Gasteiger partial charge in [-0.05, 0) is 101 Å². The van der Waals surface area contributed by atoms with Gasteiger partial charge in [0.2, 0.25) is 0 Å². The SMILES string of the molecule is Cc1cc(CCCCCCC(C)(C)C(=O)O)cc(CCCCC2(C(=O)O)CC2)c1C. The lowest BCUT2D eigenvalue weighted by molar-refractivity contribution is -0.147. The minimum atomic E-state index is -0.708. The van der Waals surface area contributed by atoms with E-state index in [0.717, 1.165) is 77.0 Å². The van der Waals surface area contributed by atoms with Crippen molar-refractivity contribution in [1.82, 2.24) is 0 Å². The second-order valence-corrected chi connectivity index (χ2v) is 10.1. The van der Waals surface area contributed by atoms with Crippen molar-refractivity contribution in [1.29, 1.82) is 0 Å². The van der Waals surface area contributed by atoms with E-state index in [1.807, 2.05) is 0 Å². The molecule has 1 aromatic rings. The quantitative estimate of drug-likeness (QED) is 0.340. The summed E-state index contributed by atoms with van der Waals surface area (Å²) in [6.07, 6.45) is 11.7. The first kappa shape index (κ1) is 24.4. The van der Waals surface area contributed by atoms with Crippen molar-refractivity contribution in [3.63, 3.8) is 0 Å². The zero-order valence-corrected chi connectivity index (χ0v) is 19.4. The maximum Gasteiger partial charge on any atom is 0.309 e. The molecular weight excluding hydrogens is 376 g/mol. The van der Waals surface area contributed by atoms with Crippen LogP contribution in [-0.4, -0.2) is 22.2 Å². The Hall–Kier alpha value is -1.84. The van der Waals surface area contributed by atoms with Crippen molar-refractivity contribution < 1.29 is 19.8 Å². The summed E-state index contributed by atoms with van der Waals surface area (Å²) in [7, 11) is 0. The Morgan fingerprint density at radius 2 is 1.57 bits per heavy atom. The van der Waals surface area contributed by atoms with E-state index < -0.39 is 22.8 Å². The number of unbranched alkanes of at least 4 members (excludes halogenated alkanes) is 4. The van der Waals surface area contributed by atoms with Gasteiger partial charge in [-0.2, -0.15) is 0 Å². The Labute approximate surface area is 182 Å². The monoisotopic (exact) mass is 416 g/mol. The van der Waals surface area contributed by atoms with Crippen LogP contribution in [0.2, 0.25) is 0 Å². The van der Waals surface area contributed by atoms with E-state index in [-0.39, 0.29) is 0 Å². The molecule has 0 radical (unpaired) electrons. The second kappa shape index (κ2) is 10.5. The molecule has 1 saturated carbocycles. The Morgan fingerprint density at radius 3 is 2.17 bits per heavy atom. The van der Waals surface area contributed by atoms with Gasteiger partial charge >= 0.3 is 11.9 Å². The molecule has 168 valence electrons. The molecule has 0 aliphatic heterocycles. The minimum absolute atomic E-state index is 0.396. The summed E-state index contributed by atoms with van der Waals surface area (Å²) < 4.78 is 0. The van der Waals surface area contributed by atoms with E-state index in [1.165, 1.54) is 22.3 Å². The third kappa shape index (κ3) is 6.85. The van der Waals surface area contributed by atoms with Crippen molar-refractivity contribution in [2.45, 2.75) is 105 Å². The first-order valence-electron chi connectivity index (χ1n) is 11.6. The molecule has 0 unspecified atom stereocenters. The highest BCUT2D eigenvalue weighted by molar-refractivity contribution is 5.77. The maximum absolute atomic E-state index is 11.3. The molecule has 0 bridgehead atoms. The summed E-state index contributed by atoms with van der Waals surface area (Å²) in [6, 6.07) is 4.65. The van der Waals surface area contributed by atoms with Crippen LogP contribution in [0, 0.1) is 24.7 Å². The van der Waals surface area contributed by atoms with Crippen LogP contribution in [0.25, 0.3) is 0 Å². The van der Waals surface area contributed by atoms with E-state index in [2.05, 4.69) is 26.0 Å². The van der Waals surface area contributed by atoms with Crippen LogP contribution in [0.4, 0.5) is 0 Å². The fourth-order valence-corrected chi connectivity index (χ4v) is 4.27. The molecule has 0 amide bonds. The molecule has 1 aliphatic rings. The zero-order chi connectivity index (χ0) is 22.4. The van der Waals surface area contributed by atoms with E-state index in [9.17, 15) is 19.8 Å². The summed E-state index contributed by atoms with van der Waals surface area (Å²) >= 11 is 0. The molecule has 1 aromatic carbocycles. The number of carbonyl (C=O) groups is 2. The number of hydrogen-bond donors (Lipinski definition) is 2. The molecule has 0 spiro atoms. The number of carboxylic acid groups (broad SMARTS) is 2. The average Bonchev–Trinajstić information content (AvgIpc) is 3.46. The highest BCUT2D eigenvalue weighted by atomic mass is 16.4. The second-order valence-electron chi connectivity index (χ2n) is 10.1. The van der Waals surface area contributed by atoms with Crippen molar-refractivity contribution in [2.75, 3.05) is 0 Å². The molecule has 2 rings (SSSR count). The Bertz CT molecular complexity index is 744. The van der Waals surface area contributed by atoms with Crippen LogP contribution in [0.1, 0.15) is 100 Å². The first-order valence-corrected chi connectivity index (χ1v) is 11.6. The van der Waals surface area contributed by atoms with Crippen molar-refractivity contribution in [3.05, 3.63) is 34.4 Å². The number of aryl methyl sites for hydroxylation is 3. The predicted molar refractivity (Wildman–Crippen MR) is 121 cm³/mol. The van der Waals surface area contributed by atoms with Gasteiger partial charge in [0.05, 0.1) is 10.8 Å². The highest BCUT2D eigenvalue weighted by Gasteiger charge is 2.49. The Balaban J connectivity index is 1.74. The average molecular weight is 417 g/mol. The zero-order valence-electron chi connectivity index (χ0n) is 19.4. The van der Waals surface area contributed by atoms with Crippen LogP contribution >= 0.6 is 0 Å². The van der Waals surface area contributed by atoms with Crippen molar-refractivity contribution >= 4 is 11.9 Å². The summed E-state index contributed by atoms with van der Waals surface area (Å²) in [5.41, 5.74) is 4.50. The highest BCUT2D eigenvalue weighted by Crippen LogP contribution is 2.50. The molecule has 0 atom stereocenters. The van der Waals surface area contributed by atoms with Crippen LogP contribution in [0.3, 0.4) is 0 Å². The summed E-state index contributed by atoms with van der Waals surface area (Å²) in [4.78, 5) is 22.5. The van der Waals surface area contributed by atoms with Gasteiger partial charge in [-0.25, -0.2) is 0 Å². The van der Waals surface area contributed by atoms with Crippen LogP contribution in [0.5, 0.6) is 0 Å². The number of rotatable bonds is 14. The number of aliphatic carboxylic acids is 2. The van der Waals surface area contributed by atoms with Gasteiger partial charge in [-0.15, -0.1) is 0 Å². The van der Waals surface area contributed by atoms with Crippen LogP contribution in [0.15, 0.2) is 12.1 Å². The summed E-state index contributed by atoms with van der Waals surface area (Å²) in [5, 5.41) is 18.5. The van der Waals surface area contributed by atoms with E-state index >= 15 is 0 Å². The third-order valence-corrected chi connectivity index (χ3v) is 7.09. The standard InChI is InChI=1S/C26H40O4/c1-19-17-21(11-7-5-6-9-13-25(3,4)23(27)28)18-22(20(19)2)12-8-10-14-26(15-16-26)24(29)30/h17-18H,5-16H2,1-4H3,(H,27,28)(H,29,30). The molecule has 1 fully saturated rings. The Kier molecular flexibility index (Phi) is 8.52. The smallest absolute Gasteiger partial charge is 0.309 e. The normalized spacial score (nSPS) is 15.2. The number of carboxylic acids is 2. The maximum atomic E-state index is 11.3. The molecule has 4 nitrogen and oxygen atoms in total. The number of hydrogen-bond acceptors (Lipinski definition) is 2. The molecule has 0 heterocycles. The van der Waals surface area contributed by atoms with Gasteiger partial charge in [0.1, 0.15) is 0 Å². The lowest BCUT2D eigenvalue weighted by Gasteiger charge is -2.18. The molecule has 2 N–H and O–H groups in total. The van der Waals surface area contributed by atoms with E-state index in [4.69, 9.17) is 0 Å². The molecule has 30 heavy (non-hydrogen) atoms. The lowest BCUT2D eigenvalue weighted by Crippen LogP contribution is -2.23. The fraction of sp³-hybridized carbons (Fsp3) is 0.692. The molecular formula is C26H40O4. The topological polar surface area (TPSA) is 74.6 Å². The first-order chi connectivity index (χ1) is 14.1. The minimum Gasteiger partial charge on any atom is -0.481 e. The van der Waals surface area contributed by atoms with Gasteiger partial charge in [0.15, 0.2) is 0 Å². The van der Waals surface area contributed by atoms with Gasteiger partial charge in [0.25, 0.3) is 0 Å². The van der Waals surface area contributed by atoms with Crippen molar-refractivity contribution in [2.24, 2.45) is 10.8 Å². The molecule has 1 aliphatic carbocycles. The third-order valence-electron chi connectivity index (χ3n) is 7.09. The largest absolute Gasteiger partial charge is 0.481 e. The van der Waals surface area contributed by atoms with Crippen LogP contribution in [-0.2, 0) is 22.4 Å². The van der Waals surface area contributed by atoms with E-state index in [1.54, 1.807) is 13.8 Å². The fourth-order valence-electron chi connectivity index (χ4n) is 4.27. The number of benzene rings is 1. The summed E-state index contributed by atoms with van der Waals surface area (Å²) in [5.74, 6) is -1.32. The van der Waals surface area contributed by atoms with Gasteiger partial charge < -0.3 is 10.2 Å². The summed E-state index contributed by atoms with van der Waals surface area (Å²) in [6.45, 7) is 7.98. The van der Waals surface area contributed by atoms with Gasteiger partial charge in [-0.1, -0.05) is 37.8 Å². The van der Waals surface area contributed by atoms with Gasteiger partial charge in [0, 0.05) is 0 Å².